The highest BCUT2D eigenvalue weighted by Crippen LogP contribution is 2.21. The number of benzene rings is 1. The van der Waals surface area contributed by atoms with Crippen LogP contribution in [0.25, 0.3) is 0 Å². The molecule has 0 amide bonds. The molecule has 1 aromatic carbocycles. The zero-order chi connectivity index (χ0) is 15.3. The summed E-state index contributed by atoms with van der Waals surface area (Å²) >= 11 is 0. The largest absolute Gasteiger partial charge is 0.494 e. The SMILES string of the molecule is COc1cc(S(=O)(=O)NC(CN)CC(C)C)ccc1F. The monoisotopic (exact) mass is 304 g/mol. The molecule has 1 unspecified atom stereocenters. The fourth-order valence-corrected chi connectivity index (χ4v) is 3.13. The zero-order valence-corrected chi connectivity index (χ0v) is 12.7. The van der Waals surface area contributed by atoms with Gasteiger partial charge in [-0.2, -0.15) is 0 Å². The molecule has 7 heteroatoms. The predicted molar refractivity (Wildman–Crippen MR) is 75.6 cm³/mol. The van der Waals surface area contributed by atoms with E-state index in [1.165, 1.54) is 13.2 Å². The molecule has 0 aliphatic carbocycles. The van der Waals surface area contributed by atoms with Crippen molar-refractivity contribution in [3.05, 3.63) is 24.0 Å². The Balaban J connectivity index is 2.98. The molecule has 5 nitrogen and oxygen atoms in total. The summed E-state index contributed by atoms with van der Waals surface area (Å²) in [6, 6.07) is 3.06. The Kier molecular flexibility index (Phi) is 5.91. The Morgan fingerprint density at radius 2 is 2.05 bits per heavy atom. The van der Waals surface area contributed by atoms with Crippen LogP contribution in [0.15, 0.2) is 23.1 Å². The summed E-state index contributed by atoms with van der Waals surface area (Å²) in [5, 5.41) is 0. The molecular formula is C13H21FN2O3S. The first kappa shape index (κ1) is 16.9. The van der Waals surface area contributed by atoms with Crippen molar-refractivity contribution >= 4 is 10.0 Å². The van der Waals surface area contributed by atoms with Crippen LogP contribution in [0.4, 0.5) is 4.39 Å². The number of nitrogens with two attached hydrogens (primary N) is 1. The first-order valence-electron chi connectivity index (χ1n) is 6.36. The molecule has 0 heterocycles. The van der Waals surface area contributed by atoms with Gasteiger partial charge in [-0.15, -0.1) is 0 Å². The minimum absolute atomic E-state index is 0.0436. The molecule has 0 aliphatic heterocycles. The molecule has 0 fully saturated rings. The van der Waals surface area contributed by atoms with Crippen molar-refractivity contribution < 1.29 is 17.5 Å². The third-order valence-corrected chi connectivity index (χ3v) is 4.31. The van der Waals surface area contributed by atoms with Crippen molar-refractivity contribution in [3.8, 4) is 5.75 Å². The summed E-state index contributed by atoms with van der Waals surface area (Å²) in [5.74, 6) is -0.404. The number of hydrogen-bond acceptors (Lipinski definition) is 4. The van der Waals surface area contributed by atoms with Gasteiger partial charge >= 0.3 is 0 Å². The molecule has 1 aromatic rings. The molecule has 0 saturated carbocycles. The Hall–Kier alpha value is -1.18. The first-order valence-corrected chi connectivity index (χ1v) is 7.84. The Labute approximate surface area is 119 Å². The maximum Gasteiger partial charge on any atom is 0.241 e. The van der Waals surface area contributed by atoms with Gasteiger partial charge in [-0.25, -0.2) is 17.5 Å². The highest BCUT2D eigenvalue weighted by atomic mass is 32.2. The number of rotatable bonds is 7. The van der Waals surface area contributed by atoms with Gasteiger partial charge in [-0.3, -0.25) is 0 Å². The van der Waals surface area contributed by atoms with E-state index in [2.05, 4.69) is 4.72 Å². The van der Waals surface area contributed by atoms with E-state index in [-0.39, 0.29) is 23.2 Å². The van der Waals surface area contributed by atoms with E-state index in [0.29, 0.717) is 12.3 Å². The topological polar surface area (TPSA) is 81.4 Å². The third kappa shape index (κ3) is 4.43. The van der Waals surface area contributed by atoms with Gasteiger partial charge in [0.05, 0.1) is 12.0 Å². The van der Waals surface area contributed by atoms with E-state index in [9.17, 15) is 12.8 Å². The van der Waals surface area contributed by atoms with Crippen molar-refractivity contribution in [2.75, 3.05) is 13.7 Å². The van der Waals surface area contributed by atoms with Gasteiger partial charge in [0, 0.05) is 18.7 Å². The number of sulfonamides is 1. The highest BCUT2D eigenvalue weighted by molar-refractivity contribution is 7.89. The molecule has 1 atom stereocenters. The van der Waals surface area contributed by atoms with Crippen LogP contribution in [0.5, 0.6) is 5.75 Å². The summed E-state index contributed by atoms with van der Waals surface area (Å²) in [5.41, 5.74) is 5.57. The number of methoxy groups -OCH3 is 1. The predicted octanol–water partition coefficient (Wildman–Crippen LogP) is 1.49. The molecule has 0 saturated heterocycles. The van der Waals surface area contributed by atoms with Crippen LogP contribution in [-0.2, 0) is 10.0 Å². The zero-order valence-electron chi connectivity index (χ0n) is 11.9. The van der Waals surface area contributed by atoms with Crippen molar-refractivity contribution in [1.82, 2.24) is 4.72 Å². The van der Waals surface area contributed by atoms with Gasteiger partial charge in [0.1, 0.15) is 0 Å². The molecule has 20 heavy (non-hydrogen) atoms. The number of ether oxygens (including phenoxy) is 1. The smallest absolute Gasteiger partial charge is 0.241 e. The third-order valence-electron chi connectivity index (χ3n) is 2.80. The lowest BCUT2D eigenvalue weighted by molar-refractivity contribution is 0.385. The Morgan fingerprint density at radius 3 is 2.55 bits per heavy atom. The van der Waals surface area contributed by atoms with E-state index in [1.807, 2.05) is 13.8 Å². The van der Waals surface area contributed by atoms with Gasteiger partial charge in [0.15, 0.2) is 11.6 Å². The Morgan fingerprint density at radius 1 is 1.40 bits per heavy atom. The fraction of sp³-hybridized carbons (Fsp3) is 0.538. The molecule has 0 aromatic heterocycles. The second-order valence-corrected chi connectivity index (χ2v) is 6.69. The molecule has 0 radical (unpaired) electrons. The molecule has 0 spiro atoms. The average Bonchev–Trinajstić information content (AvgIpc) is 2.37. The van der Waals surface area contributed by atoms with Crippen LogP contribution in [0.1, 0.15) is 20.3 Å². The van der Waals surface area contributed by atoms with Crippen molar-refractivity contribution in [2.24, 2.45) is 11.7 Å². The van der Waals surface area contributed by atoms with Crippen molar-refractivity contribution in [1.29, 1.82) is 0 Å². The number of halogens is 1. The average molecular weight is 304 g/mol. The molecule has 3 N–H and O–H groups in total. The van der Waals surface area contributed by atoms with E-state index >= 15 is 0 Å². The lowest BCUT2D eigenvalue weighted by Crippen LogP contribution is -2.40. The fourth-order valence-electron chi connectivity index (χ4n) is 1.86. The van der Waals surface area contributed by atoms with E-state index in [0.717, 1.165) is 12.1 Å². The number of hydrogen-bond donors (Lipinski definition) is 2. The molecule has 114 valence electrons. The van der Waals surface area contributed by atoms with E-state index in [1.54, 1.807) is 0 Å². The van der Waals surface area contributed by atoms with E-state index in [4.69, 9.17) is 10.5 Å². The van der Waals surface area contributed by atoms with Gasteiger partial charge in [0.25, 0.3) is 0 Å². The second kappa shape index (κ2) is 7.01. The summed E-state index contributed by atoms with van der Waals surface area (Å²) in [6.45, 7) is 4.17. The van der Waals surface area contributed by atoms with Gasteiger partial charge in [0.2, 0.25) is 10.0 Å². The van der Waals surface area contributed by atoms with Gasteiger partial charge in [-0.1, -0.05) is 13.8 Å². The maximum absolute atomic E-state index is 13.3. The maximum atomic E-state index is 13.3. The standard InChI is InChI=1S/C13H21FN2O3S/c1-9(2)6-10(8-15)16-20(17,18)11-4-5-12(14)13(7-11)19-3/h4-5,7,9-10,16H,6,8,15H2,1-3H3. The van der Waals surface area contributed by atoms with Gasteiger partial charge < -0.3 is 10.5 Å². The summed E-state index contributed by atoms with van der Waals surface area (Å²) < 4.78 is 45.0. The second-order valence-electron chi connectivity index (χ2n) is 4.98. The minimum atomic E-state index is -3.74. The normalized spacial score (nSPS) is 13.5. The quantitative estimate of drug-likeness (QED) is 0.799. The lowest BCUT2D eigenvalue weighted by atomic mass is 10.1. The highest BCUT2D eigenvalue weighted by Gasteiger charge is 2.21. The van der Waals surface area contributed by atoms with E-state index < -0.39 is 15.8 Å². The first-order chi connectivity index (χ1) is 9.30. The summed E-state index contributed by atoms with van der Waals surface area (Å²) in [7, 11) is -2.46. The molecule has 1 rings (SSSR count). The van der Waals surface area contributed by atoms with Gasteiger partial charge in [-0.05, 0) is 24.5 Å². The van der Waals surface area contributed by atoms with Crippen LogP contribution < -0.4 is 15.2 Å². The minimum Gasteiger partial charge on any atom is -0.494 e. The van der Waals surface area contributed by atoms with Crippen molar-refractivity contribution in [2.45, 2.75) is 31.2 Å². The lowest BCUT2D eigenvalue weighted by Gasteiger charge is -2.19. The van der Waals surface area contributed by atoms with Crippen LogP contribution in [0, 0.1) is 11.7 Å². The molecule has 0 bridgehead atoms. The van der Waals surface area contributed by atoms with Crippen LogP contribution in [0.2, 0.25) is 0 Å². The van der Waals surface area contributed by atoms with Crippen LogP contribution >= 0.6 is 0 Å². The Bertz CT molecular complexity index is 547. The summed E-state index contributed by atoms with van der Waals surface area (Å²) in [4.78, 5) is -0.0436. The van der Waals surface area contributed by atoms with Crippen LogP contribution in [0.3, 0.4) is 0 Å². The number of nitrogens with one attached hydrogen (secondary N) is 1. The van der Waals surface area contributed by atoms with Crippen molar-refractivity contribution in [3.63, 3.8) is 0 Å². The summed E-state index contributed by atoms with van der Waals surface area (Å²) in [6.07, 6.45) is 0.633. The molecular weight excluding hydrogens is 283 g/mol. The van der Waals surface area contributed by atoms with Crippen LogP contribution in [-0.4, -0.2) is 28.1 Å². The molecule has 0 aliphatic rings.